The van der Waals surface area contributed by atoms with Crippen LogP contribution in [-0.2, 0) is 11.8 Å². The van der Waals surface area contributed by atoms with Crippen LogP contribution < -0.4 is 9.61 Å². The first-order chi connectivity index (χ1) is 14.4. The maximum absolute atomic E-state index is 6.19. The molecule has 9 heteroatoms. The quantitative estimate of drug-likeness (QED) is 0.250. The van der Waals surface area contributed by atoms with Crippen LogP contribution in [-0.4, -0.2) is 23.0 Å². The molecule has 0 bridgehead atoms. The number of pyridine rings is 1. The molecule has 0 aliphatic carbocycles. The maximum atomic E-state index is 6.19. The second kappa shape index (κ2) is 12.7. The smallest absolute Gasteiger partial charge is 0.370 e. The summed E-state index contributed by atoms with van der Waals surface area (Å²) < 4.78 is 5.83. The molecular weight excluding hydrogens is 480 g/mol. The number of hydrogen-bond acceptors (Lipinski definition) is 4. The van der Waals surface area contributed by atoms with Crippen LogP contribution in [0.2, 0.25) is 15.2 Å². The highest BCUT2D eigenvalue weighted by Gasteiger charge is 2.24. The van der Waals surface area contributed by atoms with E-state index >= 15 is 0 Å². The molecule has 2 aromatic rings. The van der Waals surface area contributed by atoms with Gasteiger partial charge in [-0.25, -0.2) is 4.52 Å². The molecule has 30 heavy (non-hydrogen) atoms. The van der Waals surface area contributed by atoms with Gasteiger partial charge in [0.05, 0.1) is 16.4 Å². The molecule has 0 aliphatic heterocycles. The summed E-state index contributed by atoms with van der Waals surface area (Å²) in [5.41, 5.74) is 3.32. The SMILES string of the molecule is CCCN(CCC)/C(=C(\CC)N[P+](=S)Oc1nc(Cl)c(Cl)cc1Cl)c1ccccc1. The third-order valence-corrected chi connectivity index (χ3v) is 6.47. The van der Waals surface area contributed by atoms with Gasteiger partial charge in [-0.1, -0.05) is 85.9 Å². The lowest BCUT2D eigenvalue weighted by Gasteiger charge is -2.29. The fourth-order valence-corrected chi connectivity index (χ4v) is 4.97. The molecule has 4 nitrogen and oxygen atoms in total. The predicted octanol–water partition coefficient (Wildman–Crippen LogP) is 7.68. The number of allylic oxidation sites excluding steroid dienone is 1. The highest BCUT2D eigenvalue weighted by molar-refractivity contribution is 8.02. The lowest BCUT2D eigenvalue weighted by Crippen LogP contribution is -2.27. The Morgan fingerprint density at radius 3 is 2.27 bits per heavy atom. The molecule has 1 aromatic heterocycles. The van der Waals surface area contributed by atoms with Crippen molar-refractivity contribution in [2.24, 2.45) is 0 Å². The Balaban J connectivity index is 2.38. The van der Waals surface area contributed by atoms with Gasteiger partial charge in [0.15, 0.2) is 5.15 Å². The zero-order chi connectivity index (χ0) is 22.1. The number of rotatable bonds is 11. The summed E-state index contributed by atoms with van der Waals surface area (Å²) in [6, 6.07) is 11.9. The number of nitrogens with zero attached hydrogens (tertiary/aromatic N) is 2. The van der Waals surface area contributed by atoms with Crippen LogP contribution in [0.4, 0.5) is 0 Å². The molecule has 1 aromatic carbocycles. The van der Waals surface area contributed by atoms with Gasteiger partial charge in [-0.3, -0.25) is 0 Å². The monoisotopic (exact) mass is 504 g/mol. The van der Waals surface area contributed by atoms with Gasteiger partial charge < -0.3 is 4.90 Å². The fraction of sp³-hybridized carbons (Fsp3) is 0.381. The van der Waals surface area contributed by atoms with Crippen molar-refractivity contribution in [2.75, 3.05) is 13.1 Å². The van der Waals surface area contributed by atoms with E-state index in [0.717, 1.165) is 49.3 Å². The molecule has 0 fully saturated rings. The normalized spacial score (nSPS) is 12.3. The zero-order valence-electron chi connectivity index (χ0n) is 17.3. The van der Waals surface area contributed by atoms with Crippen LogP contribution in [0.25, 0.3) is 5.70 Å². The number of benzene rings is 1. The van der Waals surface area contributed by atoms with E-state index in [1.807, 2.05) is 18.2 Å². The average Bonchev–Trinajstić information content (AvgIpc) is 2.72. The Morgan fingerprint density at radius 1 is 1.07 bits per heavy atom. The van der Waals surface area contributed by atoms with Crippen molar-refractivity contribution in [3.63, 3.8) is 0 Å². The van der Waals surface area contributed by atoms with E-state index in [9.17, 15) is 0 Å². The molecule has 0 aliphatic rings. The lowest BCUT2D eigenvalue weighted by molar-refractivity contribution is 0.392. The minimum atomic E-state index is -1.51. The van der Waals surface area contributed by atoms with E-state index in [2.05, 4.69) is 47.9 Å². The van der Waals surface area contributed by atoms with Crippen molar-refractivity contribution in [2.45, 2.75) is 40.0 Å². The molecular formula is C21H26Cl3N3OPS+. The minimum absolute atomic E-state index is 0.128. The summed E-state index contributed by atoms with van der Waals surface area (Å²) in [5, 5.41) is 4.06. The van der Waals surface area contributed by atoms with Crippen LogP contribution in [0, 0.1) is 0 Å². The van der Waals surface area contributed by atoms with Crippen molar-refractivity contribution in [3.8, 4) is 5.88 Å². The van der Waals surface area contributed by atoms with Crippen LogP contribution >= 0.6 is 41.9 Å². The van der Waals surface area contributed by atoms with Crippen LogP contribution in [0.3, 0.4) is 0 Å². The van der Waals surface area contributed by atoms with E-state index in [4.69, 9.17) is 51.1 Å². The molecule has 1 atom stereocenters. The molecule has 2 rings (SSSR count). The summed E-state index contributed by atoms with van der Waals surface area (Å²) in [6.07, 6.45) is 2.88. The highest BCUT2D eigenvalue weighted by Crippen LogP contribution is 2.36. The van der Waals surface area contributed by atoms with E-state index in [1.165, 1.54) is 6.07 Å². The van der Waals surface area contributed by atoms with E-state index in [1.54, 1.807) is 0 Å². The predicted molar refractivity (Wildman–Crippen MR) is 133 cm³/mol. The van der Waals surface area contributed by atoms with E-state index in [0.29, 0.717) is 0 Å². The number of aromatic nitrogens is 1. The van der Waals surface area contributed by atoms with Crippen molar-refractivity contribution in [1.82, 2.24) is 15.0 Å². The molecule has 0 saturated heterocycles. The Bertz CT molecular complexity index is 891. The maximum Gasteiger partial charge on any atom is 0.521 e. The lowest BCUT2D eigenvalue weighted by atomic mass is 10.1. The molecule has 0 spiro atoms. The first kappa shape index (κ1) is 25.2. The van der Waals surface area contributed by atoms with Gasteiger partial charge >= 0.3 is 7.07 Å². The second-order valence-corrected chi connectivity index (χ2v) is 9.63. The molecule has 0 saturated carbocycles. The molecule has 1 N–H and O–H groups in total. The van der Waals surface area contributed by atoms with Crippen LogP contribution in [0.15, 0.2) is 42.1 Å². The number of nitrogens with one attached hydrogen (secondary N) is 1. The summed E-state index contributed by atoms with van der Waals surface area (Å²) >= 11 is 23.7. The molecule has 1 unspecified atom stereocenters. The van der Waals surface area contributed by atoms with Gasteiger partial charge in [0.2, 0.25) is 11.8 Å². The van der Waals surface area contributed by atoms with Gasteiger partial charge in [0, 0.05) is 13.1 Å². The third-order valence-electron chi connectivity index (χ3n) is 4.24. The Morgan fingerprint density at radius 2 is 1.70 bits per heavy atom. The summed E-state index contributed by atoms with van der Waals surface area (Å²) in [4.78, 5) is 6.51. The Labute approximate surface area is 200 Å². The molecule has 1 heterocycles. The first-order valence-corrected chi connectivity index (χ1v) is 13.3. The first-order valence-electron chi connectivity index (χ1n) is 9.88. The average molecular weight is 506 g/mol. The van der Waals surface area contributed by atoms with Gasteiger partial charge in [-0.05, 0) is 30.9 Å². The molecule has 0 amide bonds. The zero-order valence-corrected chi connectivity index (χ0v) is 21.3. The second-order valence-electron chi connectivity index (χ2n) is 6.54. The van der Waals surface area contributed by atoms with Crippen molar-refractivity contribution >= 4 is 59.4 Å². The minimum Gasteiger partial charge on any atom is -0.370 e. The molecule has 162 valence electrons. The van der Waals surface area contributed by atoms with Gasteiger partial charge in [0.25, 0.3) is 5.88 Å². The largest absolute Gasteiger partial charge is 0.521 e. The topological polar surface area (TPSA) is 37.4 Å². The highest BCUT2D eigenvalue weighted by atomic mass is 35.5. The van der Waals surface area contributed by atoms with E-state index in [-0.39, 0.29) is 21.1 Å². The Hall–Kier alpha value is -1.10. The van der Waals surface area contributed by atoms with Crippen LogP contribution in [0.1, 0.15) is 45.6 Å². The van der Waals surface area contributed by atoms with Gasteiger partial charge in [-0.2, -0.15) is 10.1 Å². The van der Waals surface area contributed by atoms with E-state index < -0.39 is 7.07 Å². The molecule has 0 radical (unpaired) electrons. The third kappa shape index (κ3) is 6.96. The van der Waals surface area contributed by atoms with Crippen molar-refractivity contribution < 1.29 is 4.52 Å². The van der Waals surface area contributed by atoms with Gasteiger partial charge in [-0.15, -0.1) is 0 Å². The summed E-state index contributed by atoms with van der Waals surface area (Å²) in [5.74, 6) is 0.176. The summed E-state index contributed by atoms with van der Waals surface area (Å²) in [7, 11) is -1.51. The Kier molecular flexibility index (Phi) is 10.6. The van der Waals surface area contributed by atoms with Crippen LogP contribution in [0.5, 0.6) is 5.88 Å². The number of halogens is 3. The van der Waals surface area contributed by atoms with Crippen molar-refractivity contribution in [1.29, 1.82) is 0 Å². The standard InChI is InChI=1S/C21H26Cl3N3OPS/c1-4-12-27(13-5-2)19(15-10-8-7-9-11-15)18(6-3)26-29(30)28-21-17(23)14-16(22)20(24)25-21/h7-11,14H,4-6,12-13H2,1-3H3,(H,26,30)/q+1/b19-18+. The number of hydrogen-bond donors (Lipinski definition) is 1. The summed E-state index contributed by atoms with van der Waals surface area (Å²) in [6.45, 7) is 8.39. The van der Waals surface area contributed by atoms with Crippen molar-refractivity contribution in [3.05, 3.63) is 62.9 Å². The fourth-order valence-electron chi connectivity index (χ4n) is 3.02. The van der Waals surface area contributed by atoms with Gasteiger partial charge in [0.1, 0.15) is 5.02 Å².